The van der Waals surface area contributed by atoms with Crippen LogP contribution in [0.15, 0.2) is 68.1 Å². The van der Waals surface area contributed by atoms with E-state index in [0.29, 0.717) is 5.56 Å². The van der Waals surface area contributed by atoms with Crippen molar-refractivity contribution in [3.05, 3.63) is 69.5 Å². The van der Waals surface area contributed by atoms with Gasteiger partial charge in [-0.1, -0.05) is 59.9 Å². The maximum Gasteiger partial charge on any atom is 0.346 e. The standard InChI is InChI=1S/C18H11NO2S2/c19-11-14(18(20)21)9-12-5-7-13(8-6-12)10-17-22-15-3-1-2-4-16(15)23-17/h1-10H,(H,20,21)/b14-9-. The Morgan fingerprint density at radius 2 is 1.57 bits per heavy atom. The fraction of sp³-hybridized carbons (Fsp3) is 0. The van der Waals surface area contributed by atoms with Crippen molar-refractivity contribution < 1.29 is 9.90 Å². The van der Waals surface area contributed by atoms with E-state index in [1.165, 1.54) is 20.1 Å². The Morgan fingerprint density at radius 3 is 2.09 bits per heavy atom. The molecule has 1 aliphatic rings. The van der Waals surface area contributed by atoms with Gasteiger partial charge in [0, 0.05) is 9.79 Å². The summed E-state index contributed by atoms with van der Waals surface area (Å²) in [6, 6.07) is 17.4. The third-order valence-corrected chi connectivity index (χ3v) is 5.57. The largest absolute Gasteiger partial charge is 0.477 e. The summed E-state index contributed by atoms with van der Waals surface area (Å²) in [4.78, 5) is 13.4. The van der Waals surface area contributed by atoms with Crippen LogP contribution in [0, 0.1) is 11.3 Å². The van der Waals surface area contributed by atoms with E-state index in [4.69, 9.17) is 10.4 Å². The summed E-state index contributed by atoms with van der Waals surface area (Å²) in [5.74, 6) is -1.21. The van der Waals surface area contributed by atoms with E-state index in [1.54, 1.807) is 29.6 Å². The smallest absolute Gasteiger partial charge is 0.346 e. The van der Waals surface area contributed by atoms with Crippen LogP contribution in [0.3, 0.4) is 0 Å². The predicted octanol–water partition coefficient (Wildman–Crippen LogP) is 4.87. The van der Waals surface area contributed by atoms with E-state index < -0.39 is 5.97 Å². The summed E-state index contributed by atoms with van der Waals surface area (Å²) in [5.41, 5.74) is 1.47. The summed E-state index contributed by atoms with van der Waals surface area (Å²) in [5, 5.41) is 17.6. The molecule has 0 saturated carbocycles. The first-order chi connectivity index (χ1) is 11.2. The molecule has 112 valence electrons. The first-order valence-corrected chi connectivity index (χ1v) is 8.40. The normalized spacial score (nSPS) is 13.3. The van der Waals surface area contributed by atoms with Gasteiger partial charge in [-0.15, -0.1) is 0 Å². The van der Waals surface area contributed by atoms with Crippen LogP contribution in [-0.4, -0.2) is 11.1 Å². The Kier molecular flexibility index (Phi) is 4.56. The van der Waals surface area contributed by atoms with Gasteiger partial charge >= 0.3 is 5.97 Å². The molecule has 0 atom stereocenters. The van der Waals surface area contributed by atoms with Crippen molar-refractivity contribution in [1.82, 2.24) is 0 Å². The van der Waals surface area contributed by atoms with E-state index in [0.717, 1.165) is 5.56 Å². The molecule has 2 aromatic rings. The lowest BCUT2D eigenvalue weighted by Gasteiger charge is -1.99. The second kappa shape index (κ2) is 6.78. The van der Waals surface area contributed by atoms with Crippen molar-refractivity contribution in [1.29, 1.82) is 5.26 Å². The highest BCUT2D eigenvalue weighted by atomic mass is 32.2. The van der Waals surface area contributed by atoms with Crippen LogP contribution >= 0.6 is 23.5 Å². The number of hydrogen-bond donors (Lipinski definition) is 1. The maximum atomic E-state index is 10.8. The number of carbonyl (C=O) groups is 1. The molecule has 0 bridgehead atoms. The highest BCUT2D eigenvalue weighted by Crippen LogP contribution is 2.51. The van der Waals surface area contributed by atoms with E-state index in [-0.39, 0.29) is 5.57 Å². The van der Waals surface area contributed by atoms with Crippen molar-refractivity contribution in [3.63, 3.8) is 0 Å². The molecule has 1 N–H and O–H groups in total. The molecular weight excluding hydrogens is 326 g/mol. The summed E-state index contributed by atoms with van der Waals surface area (Å²) < 4.78 is 1.21. The fourth-order valence-electron chi connectivity index (χ4n) is 2.05. The number of hydrogen-bond acceptors (Lipinski definition) is 4. The van der Waals surface area contributed by atoms with Gasteiger partial charge in [0.05, 0.1) is 4.24 Å². The lowest BCUT2D eigenvalue weighted by molar-refractivity contribution is -0.132. The zero-order valence-corrected chi connectivity index (χ0v) is 13.5. The number of aliphatic carboxylic acids is 1. The number of rotatable bonds is 3. The van der Waals surface area contributed by atoms with Crippen LogP contribution in [0.2, 0.25) is 0 Å². The van der Waals surface area contributed by atoms with Crippen molar-refractivity contribution in [2.24, 2.45) is 0 Å². The minimum Gasteiger partial charge on any atom is -0.477 e. The number of nitriles is 1. The summed E-state index contributed by atoms with van der Waals surface area (Å²) in [6.07, 6.45) is 3.47. The minimum absolute atomic E-state index is 0.270. The Balaban J connectivity index is 1.78. The number of benzene rings is 2. The SMILES string of the molecule is N#C/C(=C/c1ccc(C=C2Sc3ccccc3S2)cc1)C(=O)O. The molecule has 0 amide bonds. The lowest BCUT2D eigenvalue weighted by atomic mass is 10.1. The highest BCUT2D eigenvalue weighted by molar-refractivity contribution is 8.24. The van der Waals surface area contributed by atoms with Crippen LogP contribution in [-0.2, 0) is 4.79 Å². The summed E-state index contributed by atoms with van der Waals surface area (Å²) >= 11 is 3.49. The van der Waals surface area contributed by atoms with Gasteiger partial charge in [-0.05, 0) is 35.4 Å². The van der Waals surface area contributed by atoms with Crippen molar-refractivity contribution in [2.45, 2.75) is 9.79 Å². The van der Waals surface area contributed by atoms with E-state index in [2.05, 4.69) is 18.2 Å². The number of nitrogens with zero attached hydrogens (tertiary/aromatic N) is 1. The summed E-state index contributed by atoms with van der Waals surface area (Å²) in [6.45, 7) is 0. The van der Waals surface area contributed by atoms with E-state index in [9.17, 15) is 4.79 Å². The molecule has 23 heavy (non-hydrogen) atoms. The average Bonchev–Trinajstić information content (AvgIpc) is 2.96. The van der Waals surface area contributed by atoms with E-state index in [1.807, 2.05) is 36.4 Å². The third kappa shape index (κ3) is 3.67. The van der Waals surface area contributed by atoms with Gasteiger partial charge < -0.3 is 5.11 Å². The average molecular weight is 337 g/mol. The predicted molar refractivity (Wildman–Crippen MR) is 93.8 cm³/mol. The molecule has 0 spiro atoms. The Hall–Kier alpha value is -2.42. The molecule has 2 aromatic carbocycles. The van der Waals surface area contributed by atoms with Gasteiger partial charge in [0.15, 0.2) is 0 Å². The van der Waals surface area contributed by atoms with Crippen LogP contribution in [0.25, 0.3) is 12.2 Å². The molecule has 3 rings (SSSR count). The van der Waals surface area contributed by atoms with E-state index >= 15 is 0 Å². The van der Waals surface area contributed by atoms with Gasteiger partial charge in [0.1, 0.15) is 11.6 Å². The van der Waals surface area contributed by atoms with Crippen molar-refractivity contribution in [3.8, 4) is 6.07 Å². The van der Waals surface area contributed by atoms with Crippen LogP contribution < -0.4 is 0 Å². The quantitative estimate of drug-likeness (QED) is 0.639. The molecule has 0 aliphatic carbocycles. The Bertz CT molecular complexity index is 834. The molecule has 5 heteroatoms. The Morgan fingerprint density at radius 1 is 1.00 bits per heavy atom. The van der Waals surface area contributed by atoms with Crippen molar-refractivity contribution >= 4 is 41.6 Å². The molecule has 0 saturated heterocycles. The lowest BCUT2D eigenvalue weighted by Crippen LogP contribution is -1.97. The first-order valence-electron chi connectivity index (χ1n) is 6.77. The van der Waals surface area contributed by atoms with Crippen LogP contribution in [0.4, 0.5) is 0 Å². The number of fused-ring (bicyclic) bond motifs is 1. The number of thioether (sulfide) groups is 2. The molecule has 0 fully saturated rings. The second-order valence-corrected chi connectivity index (χ2v) is 7.18. The first kappa shape index (κ1) is 15.5. The molecule has 3 nitrogen and oxygen atoms in total. The second-order valence-electron chi connectivity index (χ2n) is 4.76. The van der Waals surface area contributed by atoms with Crippen LogP contribution in [0.5, 0.6) is 0 Å². The molecule has 1 heterocycles. The van der Waals surface area contributed by atoms with Gasteiger partial charge in [-0.2, -0.15) is 5.26 Å². The Labute approximate surface area is 142 Å². The molecule has 0 unspecified atom stereocenters. The highest BCUT2D eigenvalue weighted by Gasteiger charge is 2.16. The van der Waals surface area contributed by atoms with Gasteiger partial charge in [0.2, 0.25) is 0 Å². The van der Waals surface area contributed by atoms with Crippen molar-refractivity contribution in [2.75, 3.05) is 0 Å². The molecule has 0 radical (unpaired) electrons. The maximum absolute atomic E-state index is 10.8. The topological polar surface area (TPSA) is 61.1 Å². The zero-order valence-electron chi connectivity index (χ0n) is 11.9. The molecule has 0 aromatic heterocycles. The molecular formula is C18H11NO2S2. The number of carboxylic acids is 1. The zero-order chi connectivity index (χ0) is 16.2. The summed E-state index contributed by atoms with van der Waals surface area (Å²) in [7, 11) is 0. The fourth-order valence-corrected chi connectivity index (χ4v) is 4.46. The minimum atomic E-state index is -1.21. The number of carboxylic acid groups (broad SMARTS) is 1. The monoisotopic (exact) mass is 337 g/mol. The van der Waals surface area contributed by atoms with Crippen LogP contribution in [0.1, 0.15) is 11.1 Å². The van der Waals surface area contributed by atoms with Gasteiger partial charge in [0.25, 0.3) is 0 Å². The van der Waals surface area contributed by atoms with Gasteiger partial charge in [-0.3, -0.25) is 0 Å². The molecule has 1 aliphatic heterocycles. The van der Waals surface area contributed by atoms with Gasteiger partial charge in [-0.25, -0.2) is 4.79 Å². The third-order valence-electron chi connectivity index (χ3n) is 3.15.